The fourth-order valence-corrected chi connectivity index (χ4v) is 2.14. The smallest absolute Gasteiger partial charge is 0.0211 e. The fourth-order valence-electron chi connectivity index (χ4n) is 2.14. The van der Waals surface area contributed by atoms with E-state index in [1.807, 2.05) is 0 Å². The average molecular weight is 217 g/mol. The highest BCUT2D eigenvalue weighted by Crippen LogP contribution is 2.27. The first-order valence-electron chi connectivity index (χ1n) is 6.30. The van der Waals surface area contributed by atoms with E-state index in [1.54, 1.807) is 0 Å². The Morgan fingerprint density at radius 3 is 2.50 bits per heavy atom. The Kier molecular flexibility index (Phi) is 3.07. The lowest BCUT2D eigenvalue weighted by Crippen LogP contribution is -2.21. The number of nitrogens with one attached hydrogen (secondary N) is 1. The summed E-state index contributed by atoms with van der Waals surface area (Å²) in [7, 11) is 0. The molecular formula is C15H23N. The van der Waals surface area contributed by atoms with Gasteiger partial charge < -0.3 is 5.32 Å². The molecule has 1 nitrogen and oxygen atoms in total. The van der Waals surface area contributed by atoms with E-state index < -0.39 is 0 Å². The SMILES string of the molecule is Cc1ccc(C(C)(C)C)c(CNC2CC2)c1. The van der Waals surface area contributed by atoms with Crippen LogP contribution in [0.3, 0.4) is 0 Å². The molecule has 0 aromatic heterocycles. The second-order valence-electron chi connectivity index (χ2n) is 6.07. The van der Waals surface area contributed by atoms with E-state index in [-0.39, 0.29) is 5.41 Å². The highest BCUT2D eigenvalue weighted by molar-refractivity contribution is 5.36. The van der Waals surface area contributed by atoms with Gasteiger partial charge in [-0.1, -0.05) is 44.5 Å². The molecule has 1 fully saturated rings. The first-order valence-corrected chi connectivity index (χ1v) is 6.30. The number of benzene rings is 1. The molecule has 1 aromatic rings. The summed E-state index contributed by atoms with van der Waals surface area (Å²) < 4.78 is 0. The topological polar surface area (TPSA) is 12.0 Å². The molecule has 1 aliphatic rings. The molecule has 1 heteroatoms. The molecule has 1 N–H and O–H groups in total. The summed E-state index contributed by atoms with van der Waals surface area (Å²) in [4.78, 5) is 0. The van der Waals surface area contributed by atoms with Gasteiger partial charge >= 0.3 is 0 Å². The van der Waals surface area contributed by atoms with Gasteiger partial charge in [-0.3, -0.25) is 0 Å². The van der Waals surface area contributed by atoms with Crippen LogP contribution in [0.2, 0.25) is 0 Å². The van der Waals surface area contributed by atoms with E-state index in [2.05, 4.69) is 51.2 Å². The summed E-state index contributed by atoms with van der Waals surface area (Å²) in [5, 5.41) is 3.61. The Hall–Kier alpha value is -0.820. The Morgan fingerprint density at radius 1 is 1.25 bits per heavy atom. The van der Waals surface area contributed by atoms with Crippen molar-refractivity contribution in [2.75, 3.05) is 0 Å². The summed E-state index contributed by atoms with van der Waals surface area (Å²) in [6.45, 7) is 10.1. The van der Waals surface area contributed by atoms with Crippen LogP contribution in [0.5, 0.6) is 0 Å². The van der Waals surface area contributed by atoms with Gasteiger partial charge in [-0.25, -0.2) is 0 Å². The molecule has 1 saturated carbocycles. The van der Waals surface area contributed by atoms with Crippen molar-refractivity contribution in [1.82, 2.24) is 5.32 Å². The molecule has 0 bridgehead atoms. The van der Waals surface area contributed by atoms with Crippen molar-refractivity contribution >= 4 is 0 Å². The molecule has 0 aliphatic heterocycles. The zero-order chi connectivity index (χ0) is 11.8. The van der Waals surface area contributed by atoms with E-state index in [9.17, 15) is 0 Å². The van der Waals surface area contributed by atoms with Gasteiger partial charge in [0, 0.05) is 12.6 Å². The molecule has 0 spiro atoms. The minimum atomic E-state index is 0.244. The minimum absolute atomic E-state index is 0.244. The molecule has 0 amide bonds. The van der Waals surface area contributed by atoms with E-state index in [0.29, 0.717) is 0 Å². The maximum atomic E-state index is 3.61. The van der Waals surface area contributed by atoms with Crippen LogP contribution in [-0.4, -0.2) is 6.04 Å². The fraction of sp³-hybridized carbons (Fsp3) is 0.600. The summed E-state index contributed by atoms with van der Waals surface area (Å²) in [6.07, 6.45) is 2.72. The van der Waals surface area contributed by atoms with Crippen molar-refractivity contribution in [2.24, 2.45) is 0 Å². The second kappa shape index (κ2) is 4.21. The highest BCUT2D eigenvalue weighted by Gasteiger charge is 2.22. The number of rotatable bonds is 3. The minimum Gasteiger partial charge on any atom is -0.310 e. The predicted molar refractivity (Wildman–Crippen MR) is 69.7 cm³/mol. The van der Waals surface area contributed by atoms with Gasteiger partial charge in [0.25, 0.3) is 0 Å². The third-order valence-corrected chi connectivity index (χ3v) is 3.23. The van der Waals surface area contributed by atoms with Gasteiger partial charge in [0.05, 0.1) is 0 Å². The average Bonchev–Trinajstić information content (AvgIpc) is 2.96. The van der Waals surface area contributed by atoms with Crippen molar-refractivity contribution in [3.8, 4) is 0 Å². The van der Waals surface area contributed by atoms with Gasteiger partial charge in [-0.15, -0.1) is 0 Å². The third-order valence-electron chi connectivity index (χ3n) is 3.23. The normalized spacial score (nSPS) is 16.5. The molecule has 0 saturated heterocycles. The first kappa shape index (κ1) is 11.7. The predicted octanol–water partition coefficient (Wildman–Crippen LogP) is 3.54. The molecule has 0 radical (unpaired) electrons. The number of hydrogen-bond donors (Lipinski definition) is 1. The molecule has 1 aromatic carbocycles. The van der Waals surface area contributed by atoms with E-state index in [4.69, 9.17) is 0 Å². The van der Waals surface area contributed by atoms with Gasteiger partial charge in [-0.2, -0.15) is 0 Å². The molecule has 2 rings (SSSR count). The maximum absolute atomic E-state index is 3.61. The van der Waals surface area contributed by atoms with Crippen molar-refractivity contribution < 1.29 is 0 Å². The Balaban J connectivity index is 2.20. The second-order valence-corrected chi connectivity index (χ2v) is 6.07. The van der Waals surface area contributed by atoms with Gasteiger partial charge in [0.1, 0.15) is 0 Å². The largest absolute Gasteiger partial charge is 0.310 e. The Bertz CT molecular complexity index is 370. The Labute approximate surface area is 99.3 Å². The first-order chi connectivity index (χ1) is 7.47. The van der Waals surface area contributed by atoms with E-state index in [1.165, 1.54) is 29.5 Å². The van der Waals surface area contributed by atoms with Crippen molar-refractivity contribution in [2.45, 2.75) is 58.5 Å². The van der Waals surface area contributed by atoms with Crippen LogP contribution in [0, 0.1) is 6.92 Å². The molecule has 0 unspecified atom stereocenters. The quantitative estimate of drug-likeness (QED) is 0.816. The number of aryl methyl sites for hydroxylation is 1. The van der Waals surface area contributed by atoms with Gasteiger partial charge in [-0.05, 0) is 36.3 Å². The van der Waals surface area contributed by atoms with Crippen LogP contribution in [0.25, 0.3) is 0 Å². The van der Waals surface area contributed by atoms with Crippen LogP contribution in [0.4, 0.5) is 0 Å². The summed E-state index contributed by atoms with van der Waals surface area (Å²) in [5.74, 6) is 0. The standard InChI is InChI=1S/C15H23N/c1-11-5-8-14(15(2,3)4)12(9-11)10-16-13-6-7-13/h5,8-9,13,16H,6-7,10H2,1-4H3. The van der Waals surface area contributed by atoms with Crippen LogP contribution < -0.4 is 5.32 Å². The lowest BCUT2D eigenvalue weighted by molar-refractivity contribution is 0.572. The van der Waals surface area contributed by atoms with Gasteiger partial charge in [0.2, 0.25) is 0 Å². The van der Waals surface area contributed by atoms with Crippen LogP contribution in [0.15, 0.2) is 18.2 Å². The molecular weight excluding hydrogens is 194 g/mol. The lowest BCUT2D eigenvalue weighted by atomic mass is 9.83. The molecule has 1 aliphatic carbocycles. The lowest BCUT2D eigenvalue weighted by Gasteiger charge is -2.23. The monoisotopic (exact) mass is 217 g/mol. The molecule has 0 atom stereocenters. The zero-order valence-corrected chi connectivity index (χ0v) is 10.9. The van der Waals surface area contributed by atoms with Crippen LogP contribution in [-0.2, 0) is 12.0 Å². The van der Waals surface area contributed by atoms with Crippen LogP contribution in [0.1, 0.15) is 50.3 Å². The van der Waals surface area contributed by atoms with Gasteiger partial charge in [0.15, 0.2) is 0 Å². The molecule has 16 heavy (non-hydrogen) atoms. The van der Waals surface area contributed by atoms with Crippen molar-refractivity contribution in [3.05, 3.63) is 34.9 Å². The maximum Gasteiger partial charge on any atom is 0.0211 e. The van der Waals surface area contributed by atoms with Crippen molar-refractivity contribution in [1.29, 1.82) is 0 Å². The van der Waals surface area contributed by atoms with E-state index in [0.717, 1.165) is 12.6 Å². The summed E-state index contributed by atoms with van der Waals surface area (Å²) >= 11 is 0. The van der Waals surface area contributed by atoms with Crippen molar-refractivity contribution in [3.63, 3.8) is 0 Å². The zero-order valence-electron chi connectivity index (χ0n) is 10.9. The highest BCUT2D eigenvalue weighted by atomic mass is 14.9. The summed E-state index contributed by atoms with van der Waals surface area (Å²) in [6, 6.07) is 7.63. The third kappa shape index (κ3) is 2.85. The number of hydrogen-bond acceptors (Lipinski definition) is 1. The molecule has 88 valence electrons. The summed E-state index contributed by atoms with van der Waals surface area (Å²) in [5.41, 5.74) is 4.56. The van der Waals surface area contributed by atoms with Crippen LogP contribution >= 0.6 is 0 Å². The van der Waals surface area contributed by atoms with E-state index >= 15 is 0 Å². The molecule has 0 heterocycles. The Morgan fingerprint density at radius 2 is 1.94 bits per heavy atom.